The Morgan fingerprint density at radius 2 is 1.97 bits per heavy atom. The number of amides is 1. The van der Waals surface area contributed by atoms with Crippen molar-refractivity contribution in [2.24, 2.45) is 0 Å². The van der Waals surface area contributed by atoms with Crippen LogP contribution in [-0.2, 0) is 20.7 Å². The number of carbonyl (C=O) groups is 2. The highest BCUT2D eigenvalue weighted by atomic mass is 19.1. The first-order valence-corrected chi connectivity index (χ1v) is 9.07. The molecule has 0 fully saturated rings. The summed E-state index contributed by atoms with van der Waals surface area (Å²) in [4.78, 5) is 28.4. The lowest BCUT2D eigenvalue weighted by molar-refractivity contribution is -0.153. The van der Waals surface area contributed by atoms with Crippen LogP contribution in [0.4, 0.5) is 10.1 Å². The molecule has 0 radical (unpaired) electrons. The summed E-state index contributed by atoms with van der Waals surface area (Å²) >= 11 is 0. The summed E-state index contributed by atoms with van der Waals surface area (Å²) in [5.74, 6) is -0.824. The lowest BCUT2D eigenvalue weighted by Crippen LogP contribution is -2.30. The van der Waals surface area contributed by atoms with Crippen LogP contribution < -0.4 is 5.32 Å². The summed E-state index contributed by atoms with van der Waals surface area (Å²) in [6, 6.07) is 13.6. The van der Waals surface area contributed by atoms with E-state index in [0.29, 0.717) is 23.0 Å². The number of halogens is 1. The highest BCUT2D eigenvalue weighted by molar-refractivity contribution is 5.95. The summed E-state index contributed by atoms with van der Waals surface area (Å²) < 4.78 is 23.8. The molecule has 0 saturated carbocycles. The molecule has 0 aliphatic heterocycles. The van der Waals surface area contributed by atoms with Crippen molar-refractivity contribution in [1.82, 2.24) is 10.1 Å². The molecule has 3 aromatic rings. The van der Waals surface area contributed by atoms with Gasteiger partial charge in [0.2, 0.25) is 11.7 Å². The zero-order chi connectivity index (χ0) is 20.8. The van der Waals surface area contributed by atoms with Crippen LogP contribution in [0.5, 0.6) is 0 Å². The molecule has 0 unspecified atom stereocenters. The van der Waals surface area contributed by atoms with Gasteiger partial charge in [0.05, 0.1) is 6.42 Å². The lowest BCUT2D eigenvalue weighted by atomic mass is 10.2. The Morgan fingerprint density at radius 1 is 1.21 bits per heavy atom. The fourth-order valence-corrected chi connectivity index (χ4v) is 2.49. The van der Waals surface area contributed by atoms with Crippen LogP contribution in [0, 0.1) is 12.7 Å². The number of esters is 1. The van der Waals surface area contributed by atoms with Gasteiger partial charge >= 0.3 is 5.97 Å². The van der Waals surface area contributed by atoms with E-state index in [2.05, 4.69) is 15.5 Å². The van der Waals surface area contributed by atoms with E-state index in [9.17, 15) is 14.0 Å². The van der Waals surface area contributed by atoms with Crippen molar-refractivity contribution in [1.29, 1.82) is 0 Å². The van der Waals surface area contributed by atoms with Crippen molar-refractivity contribution in [2.45, 2.75) is 32.8 Å². The van der Waals surface area contributed by atoms with E-state index in [0.717, 1.165) is 5.56 Å². The number of carbonyl (C=O) groups excluding carboxylic acids is 2. The molecule has 1 atom stereocenters. The average molecular weight is 397 g/mol. The minimum atomic E-state index is -1.03. The first-order chi connectivity index (χ1) is 13.9. The molecular weight excluding hydrogens is 377 g/mol. The standard InChI is InChI=1S/C21H20FN3O4/c1-13-8-9-16(12-17(13)22)23-21(27)14(2)28-19(26)11-10-18-24-20(25-29-18)15-6-4-3-5-7-15/h3-9,12,14H,10-11H2,1-2H3,(H,23,27)/t14-/m1/s1. The monoisotopic (exact) mass is 397 g/mol. The molecule has 150 valence electrons. The Labute approximate surface area is 166 Å². The Bertz CT molecular complexity index is 1000. The van der Waals surface area contributed by atoms with Gasteiger partial charge in [0.15, 0.2) is 6.10 Å². The maximum atomic E-state index is 13.6. The number of nitrogens with one attached hydrogen (secondary N) is 1. The second-order valence-corrected chi connectivity index (χ2v) is 6.46. The first kappa shape index (κ1) is 20.2. The van der Waals surface area contributed by atoms with Gasteiger partial charge in [0, 0.05) is 17.7 Å². The summed E-state index contributed by atoms with van der Waals surface area (Å²) in [5.41, 5.74) is 1.57. The lowest BCUT2D eigenvalue weighted by Gasteiger charge is -2.13. The van der Waals surface area contributed by atoms with Crippen LogP contribution in [0.3, 0.4) is 0 Å². The molecule has 3 rings (SSSR count). The maximum absolute atomic E-state index is 13.6. The summed E-state index contributed by atoms with van der Waals surface area (Å²) in [7, 11) is 0. The van der Waals surface area contributed by atoms with Crippen molar-refractivity contribution in [3.8, 4) is 11.4 Å². The van der Waals surface area contributed by atoms with E-state index >= 15 is 0 Å². The van der Waals surface area contributed by atoms with Crippen molar-refractivity contribution >= 4 is 17.6 Å². The van der Waals surface area contributed by atoms with Gasteiger partial charge in [0.1, 0.15) is 5.82 Å². The summed E-state index contributed by atoms with van der Waals surface area (Å²) in [6.45, 7) is 3.07. The Morgan fingerprint density at radius 3 is 2.69 bits per heavy atom. The maximum Gasteiger partial charge on any atom is 0.307 e. The van der Waals surface area contributed by atoms with Gasteiger partial charge in [-0.25, -0.2) is 4.39 Å². The van der Waals surface area contributed by atoms with Crippen LogP contribution in [-0.4, -0.2) is 28.1 Å². The molecule has 0 aliphatic carbocycles. The number of nitrogens with zero attached hydrogens (tertiary/aromatic N) is 2. The number of ether oxygens (including phenoxy) is 1. The molecule has 1 amide bonds. The van der Waals surface area contributed by atoms with Crippen molar-refractivity contribution < 1.29 is 23.2 Å². The smallest absolute Gasteiger partial charge is 0.307 e. The SMILES string of the molecule is Cc1ccc(NC(=O)[C@@H](C)OC(=O)CCc2nc(-c3ccccc3)no2)cc1F. The number of benzene rings is 2. The predicted molar refractivity (Wildman–Crippen MR) is 103 cm³/mol. The summed E-state index contributed by atoms with van der Waals surface area (Å²) in [6.07, 6.45) is -0.863. The van der Waals surface area contributed by atoms with E-state index in [1.54, 1.807) is 19.1 Å². The van der Waals surface area contributed by atoms with E-state index in [-0.39, 0.29) is 12.8 Å². The second-order valence-electron chi connectivity index (χ2n) is 6.46. The zero-order valence-corrected chi connectivity index (χ0v) is 16.0. The normalized spacial score (nSPS) is 11.7. The molecule has 0 bridgehead atoms. The number of hydrogen-bond acceptors (Lipinski definition) is 6. The Balaban J connectivity index is 1.48. The third kappa shape index (κ3) is 5.47. The Hall–Kier alpha value is -3.55. The van der Waals surface area contributed by atoms with Gasteiger partial charge in [-0.2, -0.15) is 4.98 Å². The van der Waals surface area contributed by atoms with Crippen LogP contribution in [0.25, 0.3) is 11.4 Å². The minimum Gasteiger partial charge on any atom is -0.453 e. The van der Waals surface area contributed by atoms with Gasteiger partial charge in [0.25, 0.3) is 5.91 Å². The van der Waals surface area contributed by atoms with Crippen molar-refractivity contribution in [3.63, 3.8) is 0 Å². The molecule has 1 aromatic heterocycles. The first-order valence-electron chi connectivity index (χ1n) is 9.07. The average Bonchev–Trinajstić information content (AvgIpc) is 3.19. The summed E-state index contributed by atoms with van der Waals surface area (Å²) in [5, 5.41) is 6.39. The molecule has 0 saturated heterocycles. The van der Waals surface area contributed by atoms with Crippen LogP contribution in [0.1, 0.15) is 24.8 Å². The second kappa shape index (κ2) is 9.09. The number of aryl methyl sites for hydroxylation is 2. The fraction of sp³-hybridized carbons (Fsp3) is 0.238. The third-order valence-electron chi connectivity index (χ3n) is 4.16. The number of aromatic nitrogens is 2. The highest BCUT2D eigenvalue weighted by Crippen LogP contribution is 2.16. The quantitative estimate of drug-likeness (QED) is 0.611. The van der Waals surface area contributed by atoms with Crippen LogP contribution >= 0.6 is 0 Å². The van der Waals surface area contributed by atoms with E-state index in [1.165, 1.54) is 13.0 Å². The molecular formula is C21H20FN3O4. The largest absolute Gasteiger partial charge is 0.453 e. The van der Waals surface area contributed by atoms with E-state index in [4.69, 9.17) is 9.26 Å². The number of rotatable bonds is 7. The van der Waals surface area contributed by atoms with Gasteiger partial charge in [-0.3, -0.25) is 9.59 Å². The Kier molecular flexibility index (Phi) is 6.33. The minimum absolute atomic E-state index is 0.0206. The molecule has 0 spiro atoms. The van der Waals surface area contributed by atoms with E-state index in [1.807, 2.05) is 30.3 Å². The molecule has 7 nitrogen and oxygen atoms in total. The fourth-order valence-electron chi connectivity index (χ4n) is 2.49. The van der Waals surface area contributed by atoms with Gasteiger partial charge in [-0.15, -0.1) is 0 Å². The van der Waals surface area contributed by atoms with Crippen LogP contribution in [0.2, 0.25) is 0 Å². The van der Waals surface area contributed by atoms with Crippen LogP contribution in [0.15, 0.2) is 53.1 Å². The molecule has 29 heavy (non-hydrogen) atoms. The molecule has 2 aromatic carbocycles. The number of hydrogen-bond donors (Lipinski definition) is 1. The number of anilines is 1. The predicted octanol–water partition coefficient (Wildman–Crippen LogP) is 3.69. The van der Waals surface area contributed by atoms with Gasteiger partial charge < -0.3 is 14.6 Å². The molecule has 0 aliphatic rings. The highest BCUT2D eigenvalue weighted by Gasteiger charge is 2.19. The third-order valence-corrected chi connectivity index (χ3v) is 4.16. The molecule has 1 heterocycles. The molecule has 8 heteroatoms. The van der Waals surface area contributed by atoms with E-state index < -0.39 is 23.8 Å². The molecule has 1 N–H and O–H groups in total. The zero-order valence-electron chi connectivity index (χ0n) is 16.0. The van der Waals surface area contributed by atoms with Crippen molar-refractivity contribution in [2.75, 3.05) is 5.32 Å². The van der Waals surface area contributed by atoms with Gasteiger partial charge in [-0.1, -0.05) is 41.6 Å². The van der Waals surface area contributed by atoms with Crippen molar-refractivity contribution in [3.05, 3.63) is 65.8 Å². The topological polar surface area (TPSA) is 94.3 Å². The van der Waals surface area contributed by atoms with Gasteiger partial charge in [-0.05, 0) is 31.5 Å².